The van der Waals surface area contributed by atoms with Gasteiger partial charge in [0, 0.05) is 52.0 Å². The highest BCUT2D eigenvalue weighted by atomic mass is 15.3. The first-order chi connectivity index (χ1) is 8.81. The molecule has 0 spiro atoms. The Kier molecular flexibility index (Phi) is 3.48. The van der Waals surface area contributed by atoms with Crippen LogP contribution < -0.4 is 10.2 Å². The van der Waals surface area contributed by atoms with Gasteiger partial charge in [-0.25, -0.2) is 4.98 Å². The zero-order valence-corrected chi connectivity index (χ0v) is 11.1. The quantitative estimate of drug-likeness (QED) is 0.852. The van der Waals surface area contributed by atoms with Gasteiger partial charge >= 0.3 is 0 Å². The second-order valence-electron chi connectivity index (χ2n) is 5.51. The van der Waals surface area contributed by atoms with E-state index >= 15 is 0 Å². The molecule has 1 N–H and O–H groups in total. The maximum atomic E-state index is 4.51. The van der Waals surface area contributed by atoms with Crippen LogP contribution >= 0.6 is 0 Å². The lowest BCUT2D eigenvalue weighted by molar-refractivity contribution is 0.184. The first-order valence-corrected chi connectivity index (χ1v) is 6.92. The fraction of sp³-hybridized carbons (Fsp3) is 0.643. The first-order valence-electron chi connectivity index (χ1n) is 6.92. The van der Waals surface area contributed by atoms with E-state index in [0.29, 0.717) is 0 Å². The molecule has 2 aliphatic rings. The van der Waals surface area contributed by atoms with E-state index in [1.54, 1.807) is 0 Å². The predicted molar refractivity (Wildman–Crippen MR) is 74.0 cm³/mol. The number of piperazine rings is 1. The van der Waals surface area contributed by atoms with Gasteiger partial charge in [-0.2, -0.15) is 0 Å². The van der Waals surface area contributed by atoms with Crippen LogP contribution in [0, 0.1) is 12.8 Å². The van der Waals surface area contributed by atoms with Gasteiger partial charge in [-0.3, -0.25) is 4.90 Å². The number of anilines is 1. The molecule has 0 aromatic carbocycles. The van der Waals surface area contributed by atoms with Crippen LogP contribution in [-0.4, -0.2) is 55.7 Å². The second-order valence-corrected chi connectivity index (χ2v) is 5.51. The molecule has 1 aromatic heterocycles. The van der Waals surface area contributed by atoms with Crippen molar-refractivity contribution >= 4 is 5.82 Å². The molecule has 0 amide bonds. The SMILES string of the molecule is Cc1ccc(N2CCN(CC3CNC3)CC2)nc1. The van der Waals surface area contributed by atoms with Crippen molar-refractivity contribution in [1.29, 1.82) is 0 Å². The smallest absolute Gasteiger partial charge is 0.128 e. The Bertz CT molecular complexity index is 377. The molecule has 0 bridgehead atoms. The molecule has 0 saturated carbocycles. The van der Waals surface area contributed by atoms with Gasteiger partial charge in [0.2, 0.25) is 0 Å². The fourth-order valence-electron chi connectivity index (χ4n) is 2.65. The van der Waals surface area contributed by atoms with Crippen LogP contribution in [0.2, 0.25) is 0 Å². The molecule has 2 aliphatic heterocycles. The molecule has 2 saturated heterocycles. The molecule has 4 heteroatoms. The summed E-state index contributed by atoms with van der Waals surface area (Å²) in [6.07, 6.45) is 1.96. The molecule has 2 fully saturated rings. The minimum Gasteiger partial charge on any atom is -0.354 e. The Balaban J connectivity index is 1.51. The van der Waals surface area contributed by atoms with Gasteiger partial charge in [0.1, 0.15) is 5.82 Å². The number of hydrogen-bond donors (Lipinski definition) is 1. The number of pyridine rings is 1. The van der Waals surface area contributed by atoms with Gasteiger partial charge in [0.05, 0.1) is 0 Å². The Morgan fingerprint density at radius 1 is 1.22 bits per heavy atom. The number of nitrogens with zero attached hydrogens (tertiary/aromatic N) is 3. The van der Waals surface area contributed by atoms with E-state index in [2.05, 4.69) is 39.2 Å². The molecule has 18 heavy (non-hydrogen) atoms. The summed E-state index contributed by atoms with van der Waals surface area (Å²) < 4.78 is 0. The number of aromatic nitrogens is 1. The molecule has 0 atom stereocenters. The van der Waals surface area contributed by atoms with Crippen molar-refractivity contribution in [3.8, 4) is 0 Å². The summed E-state index contributed by atoms with van der Waals surface area (Å²) in [7, 11) is 0. The van der Waals surface area contributed by atoms with E-state index in [1.165, 1.54) is 38.3 Å². The molecule has 0 unspecified atom stereocenters. The third-order valence-electron chi connectivity index (χ3n) is 3.97. The minimum absolute atomic E-state index is 0.883. The van der Waals surface area contributed by atoms with Gasteiger partial charge in [0.25, 0.3) is 0 Å². The molecule has 3 heterocycles. The summed E-state index contributed by atoms with van der Waals surface area (Å²) in [5, 5.41) is 3.34. The van der Waals surface area contributed by atoms with E-state index in [-0.39, 0.29) is 0 Å². The number of nitrogens with one attached hydrogen (secondary N) is 1. The van der Waals surface area contributed by atoms with Crippen molar-refractivity contribution in [3.05, 3.63) is 23.9 Å². The lowest BCUT2D eigenvalue weighted by Crippen LogP contribution is -2.53. The molecule has 3 rings (SSSR count). The zero-order chi connectivity index (χ0) is 12.4. The lowest BCUT2D eigenvalue weighted by atomic mass is 10.0. The summed E-state index contributed by atoms with van der Waals surface area (Å²) in [6, 6.07) is 4.29. The minimum atomic E-state index is 0.883. The van der Waals surface area contributed by atoms with Crippen molar-refractivity contribution in [2.24, 2.45) is 5.92 Å². The maximum Gasteiger partial charge on any atom is 0.128 e. The summed E-state index contributed by atoms with van der Waals surface area (Å²) in [5.74, 6) is 2.01. The van der Waals surface area contributed by atoms with Crippen LogP contribution in [0.1, 0.15) is 5.56 Å². The highest BCUT2D eigenvalue weighted by Crippen LogP contribution is 2.15. The Morgan fingerprint density at radius 3 is 2.56 bits per heavy atom. The van der Waals surface area contributed by atoms with E-state index in [9.17, 15) is 0 Å². The molecule has 4 nitrogen and oxygen atoms in total. The highest BCUT2D eigenvalue weighted by Gasteiger charge is 2.23. The van der Waals surface area contributed by atoms with E-state index < -0.39 is 0 Å². The fourth-order valence-corrected chi connectivity index (χ4v) is 2.65. The normalized spacial score (nSPS) is 21.9. The van der Waals surface area contributed by atoms with Crippen molar-refractivity contribution in [1.82, 2.24) is 15.2 Å². The van der Waals surface area contributed by atoms with Gasteiger partial charge < -0.3 is 10.2 Å². The Morgan fingerprint density at radius 2 is 2.00 bits per heavy atom. The Labute approximate surface area is 109 Å². The van der Waals surface area contributed by atoms with Crippen molar-refractivity contribution in [2.75, 3.05) is 50.7 Å². The molecule has 0 aliphatic carbocycles. The lowest BCUT2D eigenvalue weighted by Gasteiger charge is -2.39. The molecular formula is C14H22N4. The average Bonchev–Trinajstić information content (AvgIpc) is 2.36. The monoisotopic (exact) mass is 246 g/mol. The molecule has 98 valence electrons. The molecular weight excluding hydrogens is 224 g/mol. The number of aryl methyl sites for hydroxylation is 1. The molecule has 1 aromatic rings. The van der Waals surface area contributed by atoms with Crippen LogP contribution in [0.3, 0.4) is 0 Å². The van der Waals surface area contributed by atoms with Crippen LogP contribution in [0.4, 0.5) is 5.82 Å². The average molecular weight is 246 g/mol. The maximum absolute atomic E-state index is 4.51. The van der Waals surface area contributed by atoms with Gasteiger partial charge in [-0.15, -0.1) is 0 Å². The van der Waals surface area contributed by atoms with Gasteiger partial charge in [-0.1, -0.05) is 6.07 Å². The predicted octanol–water partition coefficient (Wildman–Crippen LogP) is 0.731. The highest BCUT2D eigenvalue weighted by molar-refractivity contribution is 5.39. The third-order valence-corrected chi connectivity index (χ3v) is 3.97. The largest absolute Gasteiger partial charge is 0.354 e. The van der Waals surface area contributed by atoms with E-state index in [0.717, 1.165) is 24.8 Å². The summed E-state index contributed by atoms with van der Waals surface area (Å²) in [5.41, 5.74) is 1.23. The summed E-state index contributed by atoms with van der Waals surface area (Å²) in [4.78, 5) is 9.50. The van der Waals surface area contributed by atoms with Crippen molar-refractivity contribution in [2.45, 2.75) is 6.92 Å². The standard InChI is InChI=1S/C14H22N4/c1-12-2-3-14(16-8-12)18-6-4-17(5-7-18)11-13-9-15-10-13/h2-3,8,13,15H,4-7,9-11H2,1H3. The van der Waals surface area contributed by atoms with Gasteiger partial charge in [-0.05, 0) is 24.5 Å². The van der Waals surface area contributed by atoms with Crippen LogP contribution in [-0.2, 0) is 0 Å². The first kappa shape index (κ1) is 11.9. The van der Waals surface area contributed by atoms with E-state index in [4.69, 9.17) is 0 Å². The van der Waals surface area contributed by atoms with Crippen LogP contribution in [0.25, 0.3) is 0 Å². The summed E-state index contributed by atoms with van der Waals surface area (Å²) >= 11 is 0. The topological polar surface area (TPSA) is 31.4 Å². The zero-order valence-electron chi connectivity index (χ0n) is 11.1. The van der Waals surface area contributed by atoms with Crippen LogP contribution in [0.5, 0.6) is 0 Å². The van der Waals surface area contributed by atoms with Crippen molar-refractivity contribution < 1.29 is 0 Å². The van der Waals surface area contributed by atoms with E-state index in [1.807, 2.05) is 6.20 Å². The van der Waals surface area contributed by atoms with Gasteiger partial charge in [0.15, 0.2) is 0 Å². The third kappa shape index (κ3) is 2.65. The van der Waals surface area contributed by atoms with Crippen LogP contribution in [0.15, 0.2) is 18.3 Å². The van der Waals surface area contributed by atoms with Crippen molar-refractivity contribution in [3.63, 3.8) is 0 Å². The molecule has 0 radical (unpaired) electrons. The summed E-state index contributed by atoms with van der Waals surface area (Å²) in [6.45, 7) is 10.3. The number of hydrogen-bond acceptors (Lipinski definition) is 4. The number of rotatable bonds is 3. The Hall–Kier alpha value is -1.13. The second kappa shape index (κ2) is 5.24.